The molecule has 0 saturated carbocycles. The molecule has 12 heavy (non-hydrogen) atoms. The second-order valence-corrected chi connectivity index (χ2v) is 2.66. The monoisotopic (exact) mass is 165 g/mol. The molecular weight excluding hydrogens is 157 g/mol. The van der Waals surface area contributed by atoms with Gasteiger partial charge in [-0.25, -0.2) is 9.37 Å². The summed E-state index contributed by atoms with van der Waals surface area (Å²) in [6.07, 6.45) is 0. The zero-order valence-electron chi connectivity index (χ0n) is 6.58. The molecule has 0 atom stereocenters. The SMILES string of the molecule is Cn1c(N)nc2cc(F)ccc21. The maximum atomic E-state index is 12.7. The van der Waals surface area contributed by atoms with Gasteiger partial charge in [-0.05, 0) is 12.1 Å². The van der Waals surface area contributed by atoms with Crippen molar-refractivity contribution in [3.05, 3.63) is 24.0 Å². The molecule has 4 heteroatoms. The Morgan fingerprint density at radius 3 is 3.00 bits per heavy atom. The lowest BCUT2D eigenvalue weighted by Crippen LogP contribution is -1.95. The highest BCUT2D eigenvalue weighted by atomic mass is 19.1. The second-order valence-electron chi connectivity index (χ2n) is 2.66. The van der Waals surface area contributed by atoms with Crippen molar-refractivity contribution in [1.82, 2.24) is 9.55 Å². The van der Waals surface area contributed by atoms with Gasteiger partial charge in [-0.1, -0.05) is 0 Å². The van der Waals surface area contributed by atoms with Gasteiger partial charge in [-0.2, -0.15) is 0 Å². The minimum Gasteiger partial charge on any atom is -0.369 e. The van der Waals surface area contributed by atoms with Crippen molar-refractivity contribution in [2.45, 2.75) is 0 Å². The van der Waals surface area contributed by atoms with Crippen LogP contribution < -0.4 is 5.73 Å². The van der Waals surface area contributed by atoms with Crippen LogP contribution in [0.3, 0.4) is 0 Å². The molecule has 0 bridgehead atoms. The number of hydrogen-bond acceptors (Lipinski definition) is 2. The number of nitrogen functional groups attached to an aromatic ring is 1. The van der Waals surface area contributed by atoms with Crippen LogP contribution in [-0.4, -0.2) is 9.55 Å². The molecule has 2 aromatic rings. The molecule has 62 valence electrons. The number of benzene rings is 1. The van der Waals surface area contributed by atoms with E-state index in [4.69, 9.17) is 5.73 Å². The Kier molecular flexibility index (Phi) is 1.30. The molecule has 1 aromatic carbocycles. The Bertz CT molecular complexity index is 433. The van der Waals surface area contributed by atoms with Crippen LogP contribution in [0.25, 0.3) is 11.0 Å². The van der Waals surface area contributed by atoms with Crippen molar-refractivity contribution in [3.63, 3.8) is 0 Å². The van der Waals surface area contributed by atoms with Gasteiger partial charge in [0.2, 0.25) is 5.95 Å². The summed E-state index contributed by atoms with van der Waals surface area (Å²) in [5, 5.41) is 0. The smallest absolute Gasteiger partial charge is 0.200 e. The number of imidazole rings is 1. The Morgan fingerprint density at radius 2 is 2.25 bits per heavy atom. The van der Waals surface area contributed by atoms with Gasteiger partial charge in [0.15, 0.2) is 0 Å². The summed E-state index contributed by atoms with van der Waals surface area (Å²) in [6.45, 7) is 0. The van der Waals surface area contributed by atoms with Gasteiger partial charge in [-0.3, -0.25) is 0 Å². The molecule has 2 rings (SSSR count). The van der Waals surface area contributed by atoms with Gasteiger partial charge in [-0.15, -0.1) is 0 Å². The molecule has 0 amide bonds. The predicted octanol–water partition coefficient (Wildman–Crippen LogP) is 1.29. The van der Waals surface area contributed by atoms with Gasteiger partial charge in [0.05, 0.1) is 11.0 Å². The summed E-state index contributed by atoms with van der Waals surface area (Å²) in [4.78, 5) is 3.97. The van der Waals surface area contributed by atoms with E-state index >= 15 is 0 Å². The number of fused-ring (bicyclic) bond motifs is 1. The van der Waals surface area contributed by atoms with Gasteiger partial charge in [0.1, 0.15) is 5.82 Å². The zero-order chi connectivity index (χ0) is 8.72. The average molecular weight is 165 g/mol. The van der Waals surface area contributed by atoms with Crippen LogP contribution in [0.5, 0.6) is 0 Å². The minimum atomic E-state index is -0.291. The fourth-order valence-electron chi connectivity index (χ4n) is 1.19. The summed E-state index contributed by atoms with van der Waals surface area (Å²) in [5.74, 6) is 0.108. The molecule has 0 unspecified atom stereocenters. The number of anilines is 1. The zero-order valence-corrected chi connectivity index (χ0v) is 6.58. The second kappa shape index (κ2) is 2.20. The molecule has 0 spiro atoms. The van der Waals surface area contributed by atoms with E-state index in [2.05, 4.69) is 4.98 Å². The van der Waals surface area contributed by atoms with Crippen LogP contribution in [0, 0.1) is 5.82 Å². The molecule has 2 N–H and O–H groups in total. The first-order valence-electron chi connectivity index (χ1n) is 3.56. The molecule has 0 aliphatic carbocycles. The van der Waals surface area contributed by atoms with E-state index in [0.717, 1.165) is 5.52 Å². The van der Waals surface area contributed by atoms with Crippen LogP contribution in [0.1, 0.15) is 0 Å². The fourth-order valence-corrected chi connectivity index (χ4v) is 1.19. The first kappa shape index (κ1) is 7.09. The number of aromatic nitrogens is 2. The van der Waals surface area contributed by atoms with E-state index in [9.17, 15) is 4.39 Å². The standard InChI is InChI=1S/C8H8FN3/c1-12-7-3-2-5(9)4-6(7)11-8(12)10/h2-4H,1H3,(H2,10,11). The first-order valence-corrected chi connectivity index (χ1v) is 3.56. The van der Waals surface area contributed by atoms with Crippen molar-refractivity contribution < 1.29 is 4.39 Å². The third kappa shape index (κ3) is 0.845. The Hall–Kier alpha value is -1.58. The first-order chi connectivity index (χ1) is 5.68. The van der Waals surface area contributed by atoms with Crippen molar-refractivity contribution in [1.29, 1.82) is 0 Å². The molecular formula is C8H8FN3. The van der Waals surface area contributed by atoms with E-state index < -0.39 is 0 Å². The van der Waals surface area contributed by atoms with Crippen molar-refractivity contribution in [2.75, 3.05) is 5.73 Å². The van der Waals surface area contributed by atoms with Gasteiger partial charge in [0.25, 0.3) is 0 Å². The van der Waals surface area contributed by atoms with Crippen LogP contribution in [0.4, 0.5) is 10.3 Å². The van der Waals surface area contributed by atoms with Crippen LogP contribution in [-0.2, 0) is 7.05 Å². The van der Waals surface area contributed by atoms with Crippen molar-refractivity contribution in [2.24, 2.45) is 7.05 Å². The minimum absolute atomic E-state index is 0.291. The average Bonchev–Trinajstić information content (AvgIpc) is 2.28. The summed E-state index contributed by atoms with van der Waals surface area (Å²) in [6, 6.07) is 4.42. The highest BCUT2D eigenvalue weighted by Crippen LogP contribution is 2.16. The lowest BCUT2D eigenvalue weighted by atomic mass is 10.3. The molecule has 1 heterocycles. The van der Waals surface area contributed by atoms with E-state index in [1.54, 1.807) is 17.7 Å². The maximum absolute atomic E-state index is 12.7. The number of nitrogens with two attached hydrogens (primary N) is 1. The summed E-state index contributed by atoms with van der Waals surface area (Å²) >= 11 is 0. The third-order valence-corrected chi connectivity index (χ3v) is 1.88. The number of halogens is 1. The van der Waals surface area contributed by atoms with Crippen LogP contribution >= 0.6 is 0 Å². The highest BCUT2D eigenvalue weighted by Gasteiger charge is 2.04. The lowest BCUT2D eigenvalue weighted by molar-refractivity contribution is 0.629. The largest absolute Gasteiger partial charge is 0.369 e. The van der Waals surface area contributed by atoms with Crippen molar-refractivity contribution >= 4 is 17.0 Å². The Labute approximate surface area is 68.6 Å². The number of nitrogens with zero attached hydrogens (tertiary/aromatic N) is 2. The van der Waals surface area contributed by atoms with Gasteiger partial charge >= 0.3 is 0 Å². The van der Waals surface area contributed by atoms with E-state index in [0.29, 0.717) is 11.5 Å². The molecule has 0 saturated heterocycles. The predicted molar refractivity (Wildman–Crippen MR) is 45.1 cm³/mol. The number of aryl methyl sites for hydroxylation is 1. The molecule has 3 nitrogen and oxygen atoms in total. The molecule has 1 aromatic heterocycles. The third-order valence-electron chi connectivity index (χ3n) is 1.88. The quantitative estimate of drug-likeness (QED) is 0.639. The summed E-state index contributed by atoms with van der Waals surface area (Å²) in [5.41, 5.74) is 6.97. The van der Waals surface area contributed by atoms with Gasteiger partial charge in [0, 0.05) is 13.1 Å². The Balaban J connectivity index is 2.87. The number of hydrogen-bond donors (Lipinski definition) is 1. The molecule has 0 fully saturated rings. The summed E-state index contributed by atoms with van der Waals surface area (Å²) in [7, 11) is 1.79. The Morgan fingerprint density at radius 1 is 1.50 bits per heavy atom. The highest BCUT2D eigenvalue weighted by molar-refractivity contribution is 5.78. The normalized spacial score (nSPS) is 10.8. The molecule has 0 aliphatic heterocycles. The van der Waals surface area contributed by atoms with E-state index in [1.807, 2.05) is 0 Å². The van der Waals surface area contributed by atoms with Gasteiger partial charge < -0.3 is 10.3 Å². The van der Waals surface area contributed by atoms with E-state index in [1.165, 1.54) is 12.1 Å². The lowest BCUT2D eigenvalue weighted by Gasteiger charge is -1.94. The van der Waals surface area contributed by atoms with Crippen LogP contribution in [0.15, 0.2) is 18.2 Å². The summed E-state index contributed by atoms with van der Waals surface area (Å²) < 4.78 is 14.4. The number of rotatable bonds is 0. The topological polar surface area (TPSA) is 43.8 Å². The fraction of sp³-hybridized carbons (Fsp3) is 0.125. The molecule has 0 radical (unpaired) electrons. The van der Waals surface area contributed by atoms with E-state index in [-0.39, 0.29) is 5.82 Å². The maximum Gasteiger partial charge on any atom is 0.200 e. The van der Waals surface area contributed by atoms with Crippen LogP contribution in [0.2, 0.25) is 0 Å². The van der Waals surface area contributed by atoms with Crippen molar-refractivity contribution in [3.8, 4) is 0 Å². The molecule has 0 aliphatic rings.